The van der Waals surface area contributed by atoms with Gasteiger partial charge in [-0.1, -0.05) is 52.5 Å². The summed E-state index contributed by atoms with van der Waals surface area (Å²) < 4.78 is 0. The van der Waals surface area contributed by atoms with Gasteiger partial charge in [-0.25, -0.2) is 0 Å². The van der Waals surface area contributed by atoms with Crippen molar-refractivity contribution in [2.24, 2.45) is 0 Å². The lowest BCUT2D eigenvalue weighted by atomic mass is 10.0. The zero-order chi connectivity index (χ0) is 13.3. The molecule has 18 heavy (non-hydrogen) atoms. The van der Waals surface area contributed by atoms with E-state index in [0.717, 1.165) is 5.56 Å². The number of benzene rings is 2. The Bertz CT molecular complexity index is 573. The highest BCUT2D eigenvalue weighted by Gasteiger charge is 2.11. The first-order valence-electron chi connectivity index (χ1n) is 5.07. The first-order chi connectivity index (χ1) is 8.52. The molecule has 0 atom stereocenters. The quantitative estimate of drug-likeness (QED) is 0.778. The molecule has 2 aromatic carbocycles. The third-order valence-electron chi connectivity index (χ3n) is 2.51. The molecule has 0 unspecified atom stereocenters. The Kier molecular flexibility index (Phi) is 4.41. The average Bonchev–Trinajstić information content (AvgIpc) is 2.30. The van der Waals surface area contributed by atoms with E-state index in [1.54, 1.807) is 30.3 Å². The van der Waals surface area contributed by atoms with Gasteiger partial charge < -0.3 is 5.11 Å². The molecule has 0 aliphatic heterocycles. The van der Waals surface area contributed by atoms with E-state index in [4.69, 9.17) is 46.4 Å². The van der Waals surface area contributed by atoms with Gasteiger partial charge in [-0.05, 0) is 35.4 Å². The van der Waals surface area contributed by atoms with E-state index in [0.29, 0.717) is 31.2 Å². The molecule has 5 heteroatoms. The van der Waals surface area contributed by atoms with Gasteiger partial charge in [0.15, 0.2) is 0 Å². The Morgan fingerprint density at radius 3 is 2.00 bits per heavy atom. The van der Waals surface area contributed by atoms with E-state index >= 15 is 0 Å². The molecule has 94 valence electrons. The Morgan fingerprint density at radius 1 is 0.833 bits per heavy atom. The molecule has 0 saturated carbocycles. The summed E-state index contributed by atoms with van der Waals surface area (Å²) in [5.41, 5.74) is 2.08. The zero-order valence-electron chi connectivity index (χ0n) is 9.05. The van der Waals surface area contributed by atoms with Crippen molar-refractivity contribution in [2.75, 3.05) is 0 Å². The first-order valence-corrected chi connectivity index (χ1v) is 6.58. The Hall–Kier alpha value is -0.440. The van der Waals surface area contributed by atoms with Gasteiger partial charge in [0.2, 0.25) is 0 Å². The van der Waals surface area contributed by atoms with Crippen molar-refractivity contribution >= 4 is 46.4 Å². The van der Waals surface area contributed by atoms with E-state index in [1.807, 2.05) is 0 Å². The highest BCUT2D eigenvalue weighted by Crippen LogP contribution is 2.38. The van der Waals surface area contributed by atoms with Crippen molar-refractivity contribution in [2.45, 2.75) is 6.61 Å². The number of hydrogen-bond donors (Lipinski definition) is 1. The molecule has 0 saturated heterocycles. The molecule has 0 aromatic heterocycles. The fourth-order valence-corrected chi connectivity index (χ4v) is 2.88. The second kappa shape index (κ2) is 5.68. The average molecular weight is 322 g/mol. The third-order valence-corrected chi connectivity index (χ3v) is 3.69. The van der Waals surface area contributed by atoms with Crippen LogP contribution in [0.3, 0.4) is 0 Å². The molecular weight excluding hydrogens is 314 g/mol. The van der Waals surface area contributed by atoms with E-state index in [9.17, 15) is 5.11 Å². The second-order valence-electron chi connectivity index (χ2n) is 3.71. The van der Waals surface area contributed by atoms with Gasteiger partial charge in [0.05, 0.1) is 16.7 Å². The smallest absolute Gasteiger partial charge is 0.0696 e. The molecule has 0 heterocycles. The van der Waals surface area contributed by atoms with Crippen LogP contribution in [0.2, 0.25) is 20.1 Å². The predicted octanol–water partition coefficient (Wildman–Crippen LogP) is 5.46. The summed E-state index contributed by atoms with van der Waals surface area (Å²) in [7, 11) is 0. The largest absolute Gasteiger partial charge is 0.392 e. The maximum absolute atomic E-state index is 9.20. The van der Waals surface area contributed by atoms with Crippen LogP contribution < -0.4 is 0 Å². The Morgan fingerprint density at radius 2 is 1.44 bits per heavy atom. The number of aliphatic hydroxyl groups excluding tert-OH is 1. The number of halogens is 4. The normalized spacial score (nSPS) is 10.7. The molecule has 1 N–H and O–H groups in total. The van der Waals surface area contributed by atoms with Crippen molar-refractivity contribution in [1.82, 2.24) is 0 Å². The van der Waals surface area contributed by atoms with Crippen LogP contribution in [0.25, 0.3) is 11.1 Å². The van der Waals surface area contributed by atoms with Crippen LogP contribution in [-0.4, -0.2) is 5.11 Å². The molecule has 0 amide bonds. The van der Waals surface area contributed by atoms with Crippen LogP contribution in [-0.2, 0) is 6.61 Å². The van der Waals surface area contributed by atoms with Gasteiger partial charge in [0, 0.05) is 15.6 Å². The van der Waals surface area contributed by atoms with Crippen molar-refractivity contribution in [3.8, 4) is 11.1 Å². The molecule has 2 rings (SSSR count). The maximum Gasteiger partial charge on any atom is 0.0696 e. The molecule has 0 spiro atoms. The fraction of sp³-hybridized carbons (Fsp3) is 0.0769. The number of hydrogen-bond acceptors (Lipinski definition) is 1. The van der Waals surface area contributed by atoms with Crippen molar-refractivity contribution in [1.29, 1.82) is 0 Å². The van der Waals surface area contributed by atoms with Crippen LogP contribution in [0.1, 0.15) is 5.56 Å². The highest BCUT2D eigenvalue weighted by molar-refractivity contribution is 6.41. The van der Waals surface area contributed by atoms with Crippen molar-refractivity contribution in [3.63, 3.8) is 0 Å². The summed E-state index contributed by atoms with van der Waals surface area (Å²) in [5, 5.41) is 11.1. The van der Waals surface area contributed by atoms with Gasteiger partial charge in [-0.2, -0.15) is 0 Å². The summed E-state index contributed by atoms with van der Waals surface area (Å²) in [6.07, 6.45) is 0. The van der Waals surface area contributed by atoms with Gasteiger partial charge in [0.25, 0.3) is 0 Å². The molecule has 0 fully saturated rings. The topological polar surface area (TPSA) is 20.2 Å². The lowest BCUT2D eigenvalue weighted by molar-refractivity contribution is 0.282. The summed E-state index contributed by atoms with van der Waals surface area (Å²) in [6.45, 7) is -0.143. The Labute approximate surface area is 125 Å². The number of aliphatic hydroxyl groups is 1. The second-order valence-corrected chi connectivity index (χ2v) is 5.37. The molecule has 1 nitrogen and oxygen atoms in total. The van der Waals surface area contributed by atoms with Gasteiger partial charge in [0.1, 0.15) is 0 Å². The van der Waals surface area contributed by atoms with Crippen LogP contribution >= 0.6 is 46.4 Å². The minimum atomic E-state index is -0.143. The summed E-state index contributed by atoms with van der Waals surface area (Å²) in [5.74, 6) is 0. The van der Waals surface area contributed by atoms with Gasteiger partial charge in [-0.15, -0.1) is 0 Å². The van der Waals surface area contributed by atoms with Crippen LogP contribution in [0.5, 0.6) is 0 Å². The molecule has 0 aliphatic carbocycles. The maximum atomic E-state index is 9.20. The lowest BCUT2D eigenvalue weighted by Crippen LogP contribution is -1.88. The SMILES string of the molecule is OCc1cc(-c2c(Cl)cc(Cl)cc2Cl)ccc1Cl. The standard InChI is InChI=1S/C13H8Cl4O/c14-9-4-11(16)13(12(17)5-9)7-1-2-10(15)8(3-7)6-18/h1-5,18H,6H2. The molecule has 0 radical (unpaired) electrons. The van der Waals surface area contributed by atoms with Crippen molar-refractivity contribution < 1.29 is 5.11 Å². The van der Waals surface area contributed by atoms with Gasteiger partial charge >= 0.3 is 0 Å². The highest BCUT2D eigenvalue weighted by atomic mass is 35.5. The van der Waals surface area contributed by atoms with E-state index in [-0.39, 0.29) is 6.61 Å². The predicted molar refractivity (Wildman–Crippen MR) is 77.8 cm³/mol. The lowest BCUT2D eigenvalue weighted by Gasteiger charge is -2.10. The van der Waals surface area contributed by atoms with E-state index in [2.05, 4.69) is 0 Å². The molecular formula is C13H8Cl4O. The van der Waals surface area contributed by atoms with E-state index in [1.165, 1.54) is 0 Å². The fourth-order valence-electron chi connectivity index (χ4n) is 1.67. The third kappa shape index (κ3) is 2.76. The van der Waals surface area contributed by atoms with Crippen LogP contribution in [0.4, 0.5) is 0 Å². The first kappa shape index (κ1) is 14.0. The summed E-state index contributed by atoms with van der Waals surface area (Å²) >= 11 is 24.1. The monoisotopic (exact) mass is 320 g/mol. The minimum absolute atomic E-state index is 0.143. The zero-order valence-corrected chi connectivity index (χ0v) is 12.1. The Balaban J connectivity index is 2.62. The molecule has 0 aliphatic rings. The molecule has 2 aromatic rings. The number of rotatable bonds is 2. The molecule has 0 bridgehead atoms. The van der Waals surface area contributed by atoms with Gasteiger partial charge in [-0.3, -0.25) is 0 Å². The summed E-state index contributed by atoms with van der Waals surface area (Å²) in [4.78, 5) is 0. The summed E-state index contributed by atoms with van der Waals surface area (Å²) in [6, 6.07) is 8.49. The minimum Gasteiger partial charge on any atom is -0.392 e. The van der Waals surface area contributed by atoms with E-state index < -0.39 is 0 Å². The van der Waals surface area contributed by atoms with Crippen LogP contribution in [0, 0.1) is 0 Å². The van der Waals surface area contributed by atoms with Crippen molar-refractivity contribution in [3.05, 3.63) is 56.0 Å². The van der Waals surface area contributed by atoms with Crippen LogP contribution in [0.15, 0.2) is 30.3 Å².